The fourth-order valence-electron chi connectivity index (χ4n) is 5.38. The van der Waals surface area contributed by atoms with Gasteiger partial charge in [0.2, 0.25) is 5.70 Å². The van der Waals surface area contributed by atoms with Gasteiger partial charge in [-0.2, -0.15) is 0 Å². The summed E-state index contributed by atoms with van der Waals surface area (Å²) >= 11 is 0. The number of benzene rings is 2. The summed E-state index contributed by atoms with van der Waals surface area (Å²) in [5.74, 6) is -1.31. The van der Waals surface area contributed by atoms with E-state index in [0.29, 0.717) is 29.8 Å². The number of fused-ring (bicyclic) bond motifs is 3. The number of hydrogen-bond donors (Lipinski definition) is 0. The van der Waals surface area contributed by atoms with Gasteiger partial charge in [-0.3, -0.25) is 0 Å². The predicted octanol–water partition coefficient (Wildman–Crippen LogP) is 16.0. The number of aromatic nitrogens is 2. The molecule has 0 unspecified atom stereocenters. The van der Waals surface area contributed by atoms with Gasteiger partial charge in [0.05, 0.1) is 23.5 Å². The lowest BCUT2D eigenvalue weighted by atomic mass is 9.58. The highest BCUT2D eigenvalue weighted by atomic mass is 19.1. The van der Waals surface area contributed by atoms with Crippen LogP contribution in [-0.2, 0) is 16.6 Å². The summed E-state index contributed by atoms with van der Waals surface area (Å²) in [6.07, 6.45) is 2.95. The van der Waals surface area contributed by atoms with E-state index < -0.39 is 17.0 Å². The summed E-state index contributed by atoms with van der Waals surface area (Å²) in [4.78, 5) is 25.7. The molecule has 0 spiro atoms. The van der Waals surface area contributed by atoms with Crippen LogP contribution in [0, 0.1) is 30.0 Å². The van der Waals surface area contributed by atoms with Crippen LogP contribution in [0.5, 0.6) is 0 Å². The van der Waals surface area contributed by atoms with Gasteiger partial charge in [0.25, 0.3) is 0 Å². The van der Waals surface area contributed by atoms with E-state index in [4.69, 9.17) is 130 Å². The number of allylic oxidation sites excluding steroid dienone is 2. The van der Waals surface area contributed by atoms with Crippen LogP contribution in [0.25, 0.3) is 27.5 Å². The Balaban J connectivity index is -0.0000000179. The molecule has 2 aliphatic rings. The summed E-state index contributed by atoms with van der Waals surface area (Å²) in [6.45, 7) is 11.3. The second-order valence-electron chi connectivity index (χ2n) is 8.90. The number of hydrogen-bond acceptors (Lipinski definition) is 3. The molecular weight excluding hydrogens is 420 g/mol. The van der Waals surface area contributed by atoms with Crippen molar-refractivity contribution in [3.8, 4) is 22.6 Å². The summed E-state index contributed by atoms with van der Waals surface area (Å²) in [5.41, 5.74) is 1.74. The molecule has 1 heterocycles. The third-order valence-corrected chi connectivity index (χ3v) is 7.06. The van der Waals surface area contributed by atoms with Gasteiger partial charge < -0.3 is 4.79 Å². The van der Waals surface area contributed by atoms with Crippen molar-refractivity contribution < 1.29 is 134 Å². The molecule has 0 saturated carbocycles. The van der Waals surface area contributed by atoms with Crippen LogP contribution < -0.4 is 0 Å². The maximum absolute atomic E-state index is 14.9. The molecule has 0 fully saturated rings. The lowest BCUT2D eigenvalue weighted by molar-refractivity contribution is -0.121. The third-order valence-electron chi connectivity index (χ3n) is 7.06. The number of nitrogens with zero attached hydrogens (tertiary/aromatic N) is 3. The second kappa shape index (κ2) is 7.70. The van der Waals surface area contributed by atoms with Crippen molar-refractivity contribution in [1.82, 2.24) is 9.97 Å². The van der Waals surface area contributed by atoms with Gasteiger partial charge in [-0.05, 0) is 43.0 Å². The van der Waals surface area contributed by atoms with Crippen molar-refractivity contribution in [3.63, 3.8) is 0 Å². The Kier molecular flexibility index (Phi) is 1.02. The normalized spacial score (nSPS) is 33.5. The lowest BCUT2D eigenvalue weighted by Crippen LogP contribution is -2.46. The van der Waals surface area contributed by atoms with Crippen LogP contribution in [0.3, 0.4) is 0 Å². The molecule has 33 heavy (non-hydrogen) atoms. The second-order valence-corrected chi connectivity index (χ2v) is 8.90. The molecule has 2 aliphatic carbocycles. The molecular formula is C27H103F2N3O. The zero-order valence-electron chi connectivity index (χ0n) is 98.3. The molecule has 0 radical (unpaired) electrons. The van der Waals surface area contributed by atoms with E-state index in [0.717, 1.165) is 5.56 Å². The summed E-state index contributed by atoms with van der Waals surface area (Å²) < 4.78 is 430. The van der Waals surface area contributed by atoms with Gasteiger partial charge in [-0.1, -0.05) is 44.2 Å². The van der Waals surface area contributed by atoms with Gasteiger partial charge in [0, 0.05) is 143 Å². The minimum Gasteiger partial charge on any atom is -0.308 e. The monoisotopic (exact) mass is 686 g/mol. The molecule has 3 atom stereocenters. The lowest BCUT2D eigenvalue weighted by Gasteiger charge is -2.46. The Labute approximate surface area is 315 Å². The van der Waals surface area contributed by atoms with Gasteiger partial charge in [-0.15, -0.1) is 0 Å². The average Bonchev–Trinajstić information content (AvgIpc) is 0.722. The average molecular weight is 687 g/mol. The maximum Gasteiger partial charge on any atom is 0.226 e. The first-order valence-corrected chi connectivity index (χ1v) is 10.9. The molecule has 2 aromatic carbocycles. The molecule has 246 valence electrons. The quantitative estimate of drug-likeness (QED) is 0.252. The number of Topliss-reactive ketones (excluding diaryl/α,β-unsaturated/α-hetero) is 1. The highest BCUT2D eigenvalue weighted by Gasteiger charge is 2.49. The molecule has 0 bridgehead atoms. The van der Waals surface area contributed by atoms with Crippen molar-refractivity contribution in [1.29, 1.82) is 0 Å². The number of halogens is 2. The molecule has 4 nitrogen and oxygen atoms in total. The van der Waals surface area contributed by atoms with Crippen LogP contribution in [0.2, 0.25) is 0 Å². The first-order chi connectivity index (χ1) is 55.8. The fraction of sp³-hybridized carbons (Fsp3) is 0.259. The highest BCUT2D eigenvalue weighted by Crippen LogP contribution is 2.51. The van der Waals surface area contributed by atoms with Crippen molar-refractivity contribution in [3.05, 3.63) is 94.6 Å². The fourth-order valence-corrected chi connectivity index (χ4v) is 5.38. The zero-order chi connectivity index (χ0) is 103. The molecule has 3 aromatic rings. The largest absolute Gasteiger partial charge is 0.308 e. The zero-order valence-corrected chi connectivity index (χ0v) is 18.3. The smallest absolute Gasteiger partial charge is 0.226 e. The SMILES string of the molecule is [3HH].[3H][3H].[3H][3H].[3H][3H].[3H][3H].[3H][3H].[3H][3H].[3H][3H].[3H][3H].[3H][3H].[3H][3H].[3H][3H].[3H][3H].[3H][3H].[3H][3H].[3H][3H].[3H][3H].[3H][3H].[3H][3H].[3H][3H].[3H][3H].[3H][3H].[3H][3H].[3H][3H].[3H][3H].[3H][3H].[3H][3H].[3H][3H].[3H][3H].[3H][3H].[3H][3H].[3H][3H].[3H][3H].[3H][3H].[3H][3H].[3H][3H].[3H][3H].[3H][3H].[3H][3H].[3H][3H].[3H][3H].[C-]#[N+]C1=C[C@@]2(C)c3nc(-c4ccccc4F)nc(-c4ccccc4F)c3CC[C@@H]2[C@@H](C)C1=O. The Morgan fingerprint density at radius 2 is 1.73 bits per heavy atom. The van der Waals surface area contributed by atoms with E-state index in [1.54, 1.807) is 42.5 Å². The molecule has 6 heteroatoms. The van der Waals surface area contributed by atoms with Gasteiger partial charge >= 0.3 is 0 Å². The third kappa shape index (κ3) is 3.19. The van der Waals surface area contributed by atoms with Crippen molar-refractivity contribution in [2.75, 3.05) is 0 Å². The Bertz CT molecular complexity index is 1470. The topological polar surface area (TPSA) is 47.2 Å². The summed E-state index contributed by atoms with van der Waals surface area (Å²) in [7, 11) is 0. The predicted molar refractivity (Wildman–Crippen MR) is 208 cm³/mol. The Morgan fingerprint density at radius 1 is 1.09 bits per heavy atom. The van der Waals surface area contributed by atoms with Crippen molar-refractivity contribution >= 4 is 5.78 Å². The Morgan fingerprint density at radius 3 is 2.36 bits per heavy atom. The van der Waals surface area contributed by atoms with E-state index in [1.807, 2.05) is 13.8 Å². The standard InChI is InChI=1S/C27H21F2N3O.41H2/c1-15-19-13-12-18-23(16-8-4-6-10-20(16)28)31-26(17-9-5-7-11-21(17)29)32-25(18)27(19,2)14-22(30-3)24(15)33;;;;;;;;;;;;;;;;;;;;;;;;;;;;;;;;;;;;;;;;;/h4-11,14-15,19H,12-13H2,1-2H3;41*1H/t15-,19-,27-;;;;;;;;;;;;;;;;;;;;;;;;;;;;;;;;;;;;;;;;;/m1........................................./s1/i;40*1+2T;1+2. The van der Waals surface area contributed by atoms with E-state index in [9.17, 15) is 13.6 Å². The van der Waals surface area contributed by atoms with E-state index in [2.05, 4.69) is 9.83 Å². The summed E-state index contributed by atoms with van der Waals surface area (Å²) in [6, 6.07) is 12.6. The minimum absolute atomic E-state index is 0. The maximum atomic E-state index is 14.9. The molecule has 1 aromatic heterocycles. The summed E-state index contributed by atoms with van der Waals surface area (Å²) in [5, 5.41) is 0. The van der Waals surface area contributed by atoms with E-state index in [-0.39, 0.29) is 36.1 Å². The van der Waals surface area contributed by atoms with Crippen LogP contribution in [0.15, 0.2) is 60.3 Å². The van der Waals surface area contributed by atoms with Crippen LogP contribution >= 0.6 is 0 Å². The minimum atomic E-state index is -0.732. The number of rotatable bonds is 2. The van der Waals surface area contributed by atoms with Crippen molar-refractivity contribution in [2.45, 2.75) is 32.1 Å². The highest BCUT2D eigenvalue weighted by molar-refractivity contribution is 6.00. The van der Waals surface area contributed by atoms with E-state index in [1.165, 1.54) is 12.1 Å². The van der Waals surface area contributed by atoms with Crippen LogP contribution in [-0.4, -0.2) is 15.8 Å². The van der Waals surface area contributed by atoms with Gasteiger partial charge in [0.15, 0.2) is 11.6 Å². The van der Waals surface area contributed by atoms with Crippen LogP contribution in [0.1, 0.15) is 152 Å². The van der Waals surface area contributed by atoms with E-state index >= 15 is 0 Å². The molecule has 0 aliphatic heterocycles. The Hall–Kier alpha value is -3.72. The molecule has 0 N–H and O–H groups in total. The first-order valence-electron chi connectivity index (χ1n) is 50.9. The van der Waals surface area contributed by atoms with Crippen LogP contribution in [0.4, 0.5) is 8.78 Å². The molecule has 0 amide bonds. The molecule has 5 rings (SSSR count). The first kappa shape index (κ1) is 4.36. The number of carbonyl (C=O) groups is 1. The number of carbonyl (C=O) groups excluding carboxylic acids is 1. The van der Waals surface area contributed by atoms with Gasteiger partial charge in [0.1, 0.15) is 11.6 Å². The van der Waals surface area contributed by atoms with Gasteiger partial charge in [-0.25, -0.2) is 23.6 Å². The van der Waals surface area contributed by atoms with Crippen molar-refractivity contribution in [2.24, 2.45) is 11.8 Å². The number of ketones is 1. The molecule has 0 saturated heterocycles.